The third kappa shape index (κ3) is 4.64. The number of rotatable bonds is 6. The Morgan fingerprint density at radius 3 is 3.15 bits per heavy atom. The van der Waals surface area contributed by atoms with Crippen LogP contribution in [0.1, 0.15) is 20.3 Å². The fourth-order valence-electron chi connectivity index (χ4n) is 0.928. The van der Waals surface area contributed by atoms with Crippen LogP contribution in [0.25, 0.3) is 0 Å². The summed E-state index contributed by atoms with van der Waals surface area (Å²) < 4.78 is 1.17. The number of nitrogens with one attached hydrogen (secondary N) is 1. The fourth-order valence-corrected chi connectivity index (χ4v) is 2.58. The van der Waals surface area contributed by atoms with Gasteiger partial charge in [-0.3, -0.25) is 0 Å². The van der Waals surface area contributed by atoms with Crippen molar-refractivity contribution in [3.05, 3.63) is 11.6 Å². The van der Waals surface area contributed by atoms with Crippen LogP contribution < -0.4 is 5.32 Å². The van der Waals surface area contributed by atoms with Crippen molar-refractivity contribution in [3.63, 3.8) is 0 Å². The molecule has 0 saturated carbocycles. The van der Waals surface area contributed by atoms with E-state index < -0.39 is 0 Å². The summed E-state index contributed by atoms with van der Waals surface area (Å²) in [7, 11) is 0. The molecule has 1 unspecified atom stereocenters. The molecule has 1 aromatic rings. The maximum atomic E-state index is 4.22. The Bertz CT molecular complexity index is 211. The van der Waals surface area contributed by atoms with Crippen LogP contribution in [0, 0.1) is 0 Å². The van der Waals surface area contributed by atoms with E-state index in [1.54, 1.807) is 11.3 Å². The van der Waals surface area contributed by atoms with Crippen molar-refractivity contribution in [2.24, 2.45) is 0 Å². The van der Waals surface area contributed by atoms with Gasteiger partial charge in [-0.25, -0.2) is 4.98 Å². The molecule has 13 heavy (non-hydrogen) atoms. The molecule has 0 aliphatic heterocycles. The van der Waals surface area contributed by atoms with Crippen LogP contribution in [-0.2, 0) is 0 Å². The predicted molar refractivity (Wildman–Crippen MR) is 60.6 cm³/mol. The molecular weight excluding hydrogens is 200 g/mol. The Morgan fingerprint density at radius 2 is 2.54 bits per heavy atom. The van der Waals surface area contributed by atoms with Gasteiger partial charge in [-0.1, -0.05) is 18.7 Å². The van der Waals surface area contributed by atoms with Crippen LogP contribution in [0.5, 0.6) is 0 Å². The lowest BCUT2D eigenvalue weighted by Crippen LogP contribution is -2.28. The molecule has 0 aliphatic rings. The van der Waals surface area contributed by atoms with Crippen molar-refractivity contribution < 1.29 is 0 Å². The van der Waals surface area contributed by atoms with Gasteiger partial charge in [-0.2, -0.15) is 0 Å². The van der Waals surface area contributed by atoms with E-state index in [9.17, 15) is 0 Å². The predicted octanol–water partition coefficient (Wildman–Crippen LogP) is 2.62. The maximum absolute atomic E-state index is 4.22. The van der Waals surface area contributed by atoms with Crippen LogP contribution >= 0.6 is 23.1 Å². The minimum Gasteiger partial charge on any atom is -0.313 e. The van der Waals surface area contributed by atoms with Gasteiger partial charge in [-0.15, -0.1) is 11.3 Å². The van der Waals surface area contributed by atoms with Crippen LogP contribution in [0.4, 0.5) is 0 Å². The normalized spacial score (nSPS) is 13.1. The zero-order valence-electron chi connectivity index (χ0n) is 8.12. The Kier molecular flexibility index (Phi) is 5.43. The molecule has 0 bridgehead atoms. The second-order valence-corrected chi connectivity index (χ2v) is 5.13. The summed E-state index contributed by atoms with van der Waals surface area (Å²) in [5.41, 5.74) is 0. The molecule has 0 amide bonds. The van der Waals surface area contributed by atoms with Crippen LogP contribution in [-0.4, -0.2) is 23.3 Å². The van der Waals surface area contributed by atoms with Crippen molar-refractivity contribution in [3.8, 4) is 0 Å². The molecule has 74 valence electrons. The van der Waals surface area contributed by atoms with Gasteiger partial charge < -0.3 is 5.32 Å². The van der Waals surface area contributed by atoms with Crippen molar-refractivity contribution >= 4 is 23.1 Å². The summed E-state index contributed by atoms with van der Waals surface area (Å²) in [5.74, 6) is 1.10. The van der Waals surface area contributed by atoms with E-state index in [1.165, 1.54) is 10.8 Å². The molecule has 1 aromatic heterocycles. The maximum Gasteiger partial charge on any atom is 0.149 e. The summed E-state index contributed by atoms with van der Waals surface area (Å²) in [6, 6.07) is 0.578. The van der Waals surface area contributed by atoms with E-state index in [4.69, 9.17) is 0 Å². The lowest BCUT2D eigenvalue weighted by Gasteiger charge is -2.10. The largest absolute Gasteiger partial charge is 0.313 e. The van der Waals surface area contributed by atoms with E-state index in [0.29, 0.717) is 6.04 Å². The first-order valence-corrected chi connectivity index (χ1v) is 6.45. The van der Waals surface area contributed by atoms with E-state index in [0.717, 1.165) is 12.3 Å². The molecule has 4 heteroatoms. The van der Waals surface area contributed by atoms with Gasteiger partial charge in [0, 0.05) is 23.4 Å². The SMILES string of the molecule is CCCNC(C)CSc1nccs1. The van der Waals surface area contributed by atoms with Crippen LogP contribution in [0.15, 0.2) is 15.9 Å². The van der Waals surface area contributed by atoms with E-state index in [2.05, 4.69) is 24.1 Å². The highest BCUT2D eigenvalue weighted by Gasteiger charge is 2.02. The first-order chi connectivity index (χ1) is 6.33. The van der Waals surface area contributed by atoms with Crippen LogP contribution in [0.2, 0.25) is 0 Å². The minimum absolute atomic E-state index is 0.578. The molecule has 0 spiro atoms. The second-order valence-electron chi connectivity index (χ2n) is 2.96. The number of nitrogens with zero attached hydrogens (tertiary/aromatic N) is 1. The molecule has 0 saturated heterocycles. The van der Waals surface area contributed by atoms with Gasteiger partial charge in [0.05, 0.1) is 0 Å². The zero-order chi connectivity index (χ0) is 9.52. The minimum atomic E-state index is 0.578. The Hall–Kier alpha value is -0.0600. The zero-order valence-corrected chi connectivity index (χ0v) is 9.75. The second kappa shape index (κ2) is 6.40. The molecule has 0 aliphatic carbocycles. The van der Waals surface area contributed by atoms with Gasteiger partial charge in [0.15, 0.2) is 0 Å². The number of hydrogen-bond donors (Lipinski definition) is 1. The number of thiazole rings is 1. The first kappa shape index (κ1) is 11.0. The topological polar surface area (TPSA) is 24.9 Å². The lowest BCUT2D eigenvalue weighted by atomic mass is 10.3. The van der Waals surface area contributed by atoms with Gasteiger partial charge in [0.1, 0.15) is 4.34 Å². The molecule has 0 aromatic carbocycles. The average molecular weight is 216 g/mol. The molecule has 1 rings (SSSR count). The smallest absolute Gasteiger partial charge is 0.149 e. The third-order valence-corrected chi connectivity index (χ3v) is 3.84. The molecular formula is C9H16N2S2. The summed E-state index contributed by atoms with van der Waals surface area (Å²) in [5, 5.41) is 5.47. The van der Waals surface area contributed by atoms with E-state index >= 15 is 0 Å². The highest BCUT2D eigenvalue weighted by atomic mass is 32.2. The lowest BCUT2D eigenvalue weighted by molar-refractivity contribution is 0.590. The molecule has 1 heterocycles. The van der Waals surface area contributed by atoms with Crippen molar-refractivity contribution in [1.82, 2.24) is 10.3 Å². The summed E-state index contributed by atoms with van der Waals surface area (Å²) in [6.07, 6.45) is 3.06. The first-order valence-electron chi connectivity index (χ1n) is 4.58. The van der Waals surface area contributed by atoms with Gasteiger partial charge in [-0.05, 0) is 19.9 Å². The molecule has 0 fully saturated rings. The highest BCUT2D eigenvalue weighted by molar-refractivity contribution is 8.01. The summed E-state index contributed by atoms with van der Waals surface area (Å²) >= 11 is 3.54. The van der Waals surface area contributed by atoms with E-state index in [-0.39, 0.29) is 0 Å². The summed E-state index contributed by atoms with van der Waals surface area (Å²) in [6.45, 7) is 5.52. The molecule has 1 atom stereocenters. The van der Waals surface area contributed by atoms with Crippen molar-refractivity contribution in [2.75, 3.05) is 12.3 Å². The highest BCUT2D eigenvalue weighted by Crippen LogP contribution is 2.20. The fraction of sp³-hybridized carbons (Fsp3) is 0.667. The van der Waals surface area contributed by atoms with Gasteiger partial charge in [0.2, 0.25) is 0 Å². The summed E-state index contributed by atoms with van der Waals surface area (Å²) in [4.78, 5) is 4.22. The quantitative estimate of drug-likeness (QED) is 0.740. The number of hydrogen-bond acceptors (Lipinski definition) is 4. The van der Waals surface area contributed by atoms with Crippen LogP contribution in [0.3, 0.4) is 0 Å². The van der Waals surface area contributed by atoms with Gasteiger partial charge >= 0.3 is 0 Å². The Balaban J connectivity index is 2.11. The van der Waals surface area contributed by atoms with Gasteiger partial charge in [0.25, 0.3) is 0 Å². The Labute approximate surface area is 88.2 Å². The van der Waals surface area contributed by atoms with Crippen molar-refractivity contribution in [2.45, 2.75) is 30.6 Å². The monoisotopic (exact) mass is 216 g/mol. The number of aromatic nitrogens is 1. The average Bonchev–Trinajstić information content (AvgIpc) is 2.64. The van der Waals surface area contributed by atoms with E-state index in [1.807, 2.05) is 23.3 Å². The standard InChI is InChI=1S/C9H16N2S2/c1-3-4-10-8(2)7-13-9-11-5-6-12-9/h5-6,8,10H,3-4,7H2,1-2H3. The molecule has 0 radical (unpaired) electrons. The third-order valence-electron chi connectivity index (χ3n) is 1.61. The van der Waals surface area contributed by atoms with Crippen molar-refractivity contribution in [1.29, 1.82) is 0 Å². The Morgan fingerprint density at radius 1 is 1.69 bits per heavy atom. The molecule has 1 N–H and O–H groups in total. The molecule has 2 nitrogen and oxygen atoms in total. The number of thioether (sulfide) groups is 1.